The van der Waals surface area contributed by atoms with Crippen molar-refractivity contribution < 1.29 is 4.79 Å². The lowest BCUT2D eigenvalue weighted by Crippen LogP contribution is -2.50. The number of nitrogens with zero attached hydrogens (tertiary/aromatic N) is 3. The van der Waals surface area contributed by atoms with E-state index in [0.717, 1.165) is 25.8 Å². The van der Waals surface area contributed by atoms with E-state index < -0.39 is 0 Å². The van der Waals surface area contributed by atoms with Gasteiger partial charge in [0.1, 0.15) is 5.69 Å². The van der Waals surface area contributed by atoms with Crippen molar-refractivity contribution in [3.8, 4) is 0 Å². The first-order valence-corrected chi connectivity index (χ1v) is 8.60. The highest BCUT2D eigenvalue weighted by Crippen LogP contribution is 2.35. The Bertz CT molecular complexity index is 594. The normalized spacial score (nSPS) is 24.9. The maximum Gasteiger partial charge on any atom is 0.274 e. The number of carbonyl (C=O) groups is 1. The van der Waals surface area contributed by atoms with Gasteiger partial charge in [-0.05, 0) is 44.1 Å². The highest BCUT2D eigenvalue weighted by atomic mass is 16.2. The van der Waals surface area contributed by atoms with Gasteiger partial charge < -0.3 is 4.90 Å². The van der Waals surface area contributed by atoms with E-state index in [1.54, 1.807) is 6.07 Å². The van der Waals surface area contributed by atoms with Crippen LogP contribution in [0.4, 0.5) is 0 Å². The Hall–Kier alpha value is -1.65. The molecule has 2 fully saturated rings. The third kappa shape index (κ3) is 2.94. The summed E-state index contributed by atoms with van der Waals surface area (Å²) in [7, 11) is 0. The van der Waals surface area contributed by atoms with Gasteiger partial charge in [0.05, 0.1) is 0 Å². The molecule has 0 aromatic carbocycles. The second-order valence-corrected chi connectivity index (χ2v) is 6.53. The molecule has 2 heterocycles. The van der Waals surface area contributed by atoms with Crippen LogP contribution in [-0.2, 0) is 6.54 Å². The van der Waals surface area contributed by atoms with E-state index in [4.69, 9.17) is 0 Å². The van der Waals surface area contributed by atoms with E-state index in [9.17, 15) is 9.59 Å². The van der Waals surface area contributed by atoms with Crippen molar-refractivity contribution in [3.05, 3.63) is 28.2 Å². The van der Waals surface area contributed by atoms with Gasteiger partial charge in [0.15, 0.2) is 0 Å². The van der Waals surface area contributed by atoms with Gasteiger partial charge in [-0.25, -0.2) is 4.68 Å². The first kappa shape index (κ1) is 15.3. The second-order valence-electron chi connectivity index (χ2n) is 6.53. The van der Waals surface area contributed by atoms with E-state index >= 15 is 0 Å². The highest BCUT2D eigenvalue weighted by Gasteiger charge is 2.36. The van der Waals surface area contributed by atoms with Gasteiger partial charge in [-0.15, -0.1) is 0 Å². The molecule has 1 saturated carbocycles. The molecule has 22 heavy (non-hydrogen) atoms. The van der Waals surface area contributed by atoms with Gasteiger partial charge in [0, 0.05) is 25.2 Å². The lowest BCUT2D eigenvalue weighted by molar-refractivity contribution is 0.0382. The number of amides is 1. The Morgan fingerprint density at radius 1 is 1.23 bits per heavy atom. The first-order chi connectivity index (χ1) is 10.7. The average molecular weight is 303 g/mol. The minimum atomic E-state index is -0.132. The number of likely N-dealkylation sites (tertiary alicyclic amines) is 1. The average Bonchev–Trinajstić information content (AvgIpc) is 2.56. The van der Waals surface area contributed by atoms with Crippen LogP contribution in [0, 0.1) is 5.92 Å². The Kier molecular flexibility index (Phi) is 4.60. The van der Waals surface area contributed by atoms with Crippen molar-refractivity contribution in [1.82, 2.24) is 14.7 Å². The summed E-state index contributed by atoms with van der Waals surface area (Å²) in [4.78, 5) is 26.7. The molecule has 0 N–H and O–H groups in total. The fourth-order valence-electron chi connectivity index (χ4n) is 3.96. The molecule has 2 unspecified atom stereocenters. The summed E-state index contributed by atoms with van der Waals surface area (Å²) in [6, 6.07) is 3.44. The molecule has 1 aliphatic heterocycles. The van der Waals surface area contributed by atoms with Crippen molar-refractivity contribution in [1.29, 1.82) is 0 Å². The van der Waals surface area contributed by atoms with Crippen molar-refractivity contribution in [3.63, 3.8) is 0 Å². The van der Waals surface area contributed by atoms with Gasteiger partial charge in [-0.1, -0.05) is 19.8 Å². The van der Waals surface area contributed by atoms with Crippen molar-refractivity contribution >= 4 is 5.91 Å². The maximum absolute atomic E-state index is 12.9. The van der Waals surface area contributed by atoms with E-state index in [2.05, 4.69) is 5.10 Å². The zero-order valence-electron chi connectivity index (χ0n) is 13.3. The Labute approximate surface area is 131 Å². The molecule has 5 nitrogen and oxygen atoms in total. The number of hydrogen-bond acceptors (Lipinski definition) is 3. The summed E-state index contributed by atoms with van der Waals surface area (Å²) < 4.78 is 1.41. The van der Waals surface area contributed by atoms with Gasteiger partial charge in [0.2, 0.25) is 0 Å². The van der Waals surface area contributed by atoms with Gasteiger partial charge in [-0.2, -0.15) is 5.10 Å². The SMILES string of the molecule is CCCn1nc(C(=O)N2CCCC3CCCCC32)ccc1=O. The second kappa shape index (κ2) is 6.63. The van der Waals surface area contributed by atoms with Gasteiger partial charge >= 0.3 is 0 Å². The van der Waals surface area contributed by atoms with Crippen LogP contribution < -0.4 is 5.56 Å². The molecule has 2 aliphatic rings. The molecule has 1 aliphatic carbocycles. The third-order valence-corrected chi connectivity index (χ3v) is 5.03. The van der Waals surface area contributed by atoms with E-state index in [-0.39, 0.29) is 11.5 Å². The minimum Gasteiger partial charge on any atom is -0.334 e. The molecule has 0 radical (unpaired) electrons. The zero-order chi connectivity index (χ0) is 15.5. The highest BCUT2D eigenvalue weighted by molar-refractivity contribution is 5.92. The van der Waals surface area contributed by atoms with E-state index in [1.807, 2.05) is 11.8 Å². The molecule has 2 atom stereocenters. The summed E-state index contributed by atoms with van der Waals surface area (Å²) in [5, 5.41) is 4.29. The number of hydrogen-bond donors (Lipinski definition) is 0. The fraction of sp³-hybridized carbons (Fsp3) is 0.706. The fourth-order valence-corrected chi connectivity index (χ4v) is 3.96. The molecular weight excluding hydrogens is 278 g/mol. The predicted molar refractivity (Wildman–Crippen MR) is 84.8 cm³/mol. The maximum atomic E-state index is 12.9. The van der Waals surface area contributed by atoms with Crippen LogP contribution in [0.2, 0.25) is 0 Å². The summed E-state index contributed by atoms with van der Waals surface area (Å²) in [6.07, 6.45) is 8.04. The van der Waals surface area contributed by atoms with Crippen molar-refractivity contribution in [2.24, 2.45) is 5.92 Å². The molecule has 120 valence electrons. The number of rotatable bonds is 3. The predicted octanol–water partition coefficient (Wildman–Crippen LogP) is 2.45. The van der Waals surface area contributed by atoms with Gasteiger partial charge in [0.25, 0.3) is 11.5 Å². The lowest BCUT2D eigenvalue weighted by Gasteiger charge is -2.44. The van der Waals surface area contributed by atoms with Crippen molar-refractivity contribution in [2.45, 2.75) is 64.5 Å². The van der Waals surface area contributed by atoms with Crippen LogP contribution in [0.5, 0.6) is 0 Å². The van der Waals surface area contributed by atoms with Crippen LogP contribution >= 0.6 is 0 Å². The lowest BCUT2D eigenvalue weighted by atomic mass is 9.78. The molecule has 1 amide bonds. The quantitative estimate of drug-likeness (QED) is 0.862. The van der Waals surface area contributed by atoms with Crippen molar-refractivity contribution in [2.75, 3.05) is 6.54 Å². The van der Waals surface area contributed by atoms with Crippen LogP contribution in [0.25, 0.3) is 0 Å². The first-order valence-electron chi connectivity index (χ1n) is 8.60. The standard InChI is InChI=1S/C17H25N3O2/c1-2-11-20-16(21)10-9-14(18-20)17(22)19-12-5-7-13-6-3-4-8-15(13)19/h9-10,13,15H,2-8,11-12H2,1H3. The number of fused-ring (bicyclic) bond motifs is 1. The molecule has 5 heteroatoms. The Balaban J connectivity index is 1.83. The zero-order valence-corrected chi connectivity index (χ0v) is 13.3. The Morgan fingerprint density at radius 3 is 2.82 bits per heavy atom. The minimum absolute atomic E-state index is 0.00135. The molecule has 1 saturated heterocycles. The Morgan fingerprint density at radius 2 is 2.00 bits per heavy atom. The number of carbonyl (C=O) groups excluding carboxylic acids is 1. The molecular formula is C17H25N3O2. The molecule has 1 aromatic heterocycles. The number of piperidine rings is 1. The summed E-state index contributed by atoms with van der Waals surface area (Å²) >= 11 is 0. The molecule has 0 spiro atoms. The van der Waals surface area contributed by atoms with Gasteiger partial charge in [-0.3, -0.25) is 9.59 Å². The molecule has 1 aromatic rings. The molecule has 3 rings (SSSR count). The van der Waals surface area contributed by atoms with Crippen LogP contribution in [0.15, 0.2) is 16.9 Å². The summed E-state index contributed by atoms with van der Waals surface area (Å²) in [5.41, 5.74) is 0.284. The van der Waals surface area contributed by atoms with Crippen LogP contribution in [-0.4, -0.2) is 33.2 Å². The third-order valence-electron chi connectivity index (χ3n) is 5.03. The summed E-state index contributed by atoms with van der Waals surface area (Å²) in [6.45, 7) is 3.39. The number of aromatic nitrogens is 2. The smallest absolute Gasteiger partial charge is 0.274 e. The van der Waals surface area contributed by atoms with E-state index in [0.29, 0.717) is 24.2 Å². The van der Waals surface area contributed by atoms with Crippen LogP contribution in [0.1, 0.15) is 62.4 Å². The number of aryl methyl sites for hydroxylation is 1. The molecule has 0 bridgehead atoms. The monoisotopic (exact) mass is 303 g/mol. The van der Waals surface area contributed by atoms with E-state index in [1.165, 1.54) is 36.4 Å². The summed E-state index contributed by atoms with van der Waals surface area (Å²) in [5.74, 6) is 0.662. The van der Waals surface area contributed by atoms with Crippen LogP contribution in [0.3, 0.4) is 0 Å². The topological polar surface area (TPSA) is 55.2 Å². The largest absolute Gasteiger partial charge is 0.334 e.